The van der Waals surface area contributed by atoms with Crippen LogP contribution in [0.1, 0.15) is 21.9 Å². The van der Waals surface area contributed by atoms with Crippen LogP contribution >= 0.6 is 11.3 Å². The molecule has 3 aromatic rings. The van der Waals surface area contributed by atoms with E-state index in [4.69, 9.17) is 15.2 Å². The Bertz CT molecular complexity index is 1030. The Morgan fingerprint density at radius 2 is 2.00 bits per heavy atom. The molecule has 0 fully saturated rings. The summed E-state index contributed by atoms with van der Waals surface area (Å²) in [5, 5.41) is 11.7. The van der Waals surface area contributed by atoms with E-state index in [-0.39, 0.29) is 23.7 Å². The van der Waals surface area contributed by atoms with Gasteiger partial charge in [0.1, 0.15) is 5.01 Å². The zero-order valence-corrected chi connectivity index (χ0v) is 16.3. The number of aromatic nitrogens is 3. The Hall–Kier alpha value is -3.40. The number of H-pyrrole nitrogens is 1. The molecule has 0 saturated heterocycles. The number of carbonyl (C=O) groups is 2. The van der Waals surface area contributed by atoms with Gasteiger partial charge in [-0.15, -0.1) is 11.3 Å². The highest BCUT2D eigenvalue weighted by Gasteiger charge is 2.18. The van der Waals surface area contributed by atoms with Crippen LogP contribution in [0.15, 0.2) is 23.6 Å². The summed E-state index contributed by atoms with van der Waals surface area (Å²) in [4.78, 5) is 28.3. The van der Waals surface area contributed by atoms with Crippen molar-refractivity contribution in [2.75, 3.05) is 19.5 Å². The Balaban J connectivity index is 1.74. The number of hydrogen-bond donors (Lipinski definition) is 3. The molecule has 2 heterocycles. The average molecular weight is 401 g/mol. The van der Waals surface area contributed by atoms with Gasteiger partial charge < -0.3 is 20.5 Å². The highest BCUT2D eigenvalue weighted by Crippen LogP contribution is 2.33. The first-order valence-corrected chi connectivity index (χ1v) is 9.12. The second-order valence-corrected chi connectivity index (χ2v) is 6.73. The smallest absolute Gasteiger partial charge is 0.271 e. The van der Waals surface area contributed by atoms with Gasteiger partial charge in [0, 0.05) is 10.9 Å². The number of aryl methyl sites for hydroxylation is 1. The molecule has 28 heavy (non-hydrogen) atoms. The minimum absolute atomic E-state index is 0.00450. The van der Waals surface area contributed by atoms with Crippen molar-refractivity contribution < 1.29 is 19.1 Å². The predicted molar refractivity (Wildman–Crippen MR) is 105 cm³/mol. The van der Waals surface area contributed by atoms with Crippen molar-refractivity contribution in [3.05, 3.63) is 40.7 Å². The van der Waals surface area contributed by atoms with Gasteiger partial charge in [0.25, 0.3) is 5.91 Å². The molecule has 0 aliphatic rings. The van der Waals surface area contributed by atoms with Gasteiger partial charge in [-0.25, -0.2) is 4.98 Å². The summed E-state index contributed by atoms with van der Waals surface area (Å²) in [6, 6.07) is 5.50. The number of anilines is 1. The lowest BCUT2D eigenvalue weighted by molar-refractivity contribution is -0.115. The fraction of sp³-hybridized carbons (Fsp3) is 0.222. The van der Waals surface area contributed by atoms with Crippen molar-refractivity contribution in [3.8, 4) is 22.1 Å². The van der Waals surface area contributed by atoms with Crippen LogP contribution in [0.3, 0.4) is 0 Å². The van der Waals surface area contributed by atoms with Gasteiger partial charge in [0.2, 0.25) is 5.91 Å². The number of ether oxygens (including phenoxy) is 2. The van der Waals surface area contributed by atoms with E-state index < -0.39 is 5.91 Å². The molecule has 0 aliphatic heterocycles. The zero-order valence-electron chi connectivity index (χ0n) is 15.5. The number of rotatable bonds is 7. The summed E-state index contributed by atoms with van der Waals surface area (Å²) in [6.45, 7) is 1.69. The highest BCUT2D eigenvalue weighted by atomic mass is 32.1. The second-order valence-electron chi connectivity index (χ2n) is 5.88. The number of hydrogen-bond acceptors (Lipinski definition) is 7. The summed E-state index contributed by atoms with van der Waals surface area (Å²) in [6.07, 6.45) is 0.0482. The summed E-state index contributed by atoms with van der Waals surface area (Å²) < 4.78 is 10.5. The molecule has 1 aromatic carbocycles. The molecule has 0 saturated carbocycles. The van der Waals surface area contributed by atoms with Crippen molar-refractivity contribution in [1.82, 2.24) is 15.2 Å². The molecule has 0 bridgehead atoms. The van der Waals surface area contributed by atoms with Crippen LogP contribution in [0, 0.1) is 6.92 Å². The van der Waals surface area contributed by atoms with E-state index in [9.17, 15) is 9.59 Å². The van der Waals surface area contributed by atoms with Crippen LogP contribution in [0.2, 0.25) is 0 Å². The predicted octanol–water partition coefficient (Wildman–Crippen LogP) is 2.14. The highest BCUT2D eigenvalue weighted by molar-refractivity contribution is 7.13. The van der Waals surface area contributed by atoms with Gasteiger partial charge in [-0.2, -0.15) is 5.10 Å². The number of nitrogens with one attached hydrogen (secondary N) is 2. The zero-order chi connectivity index (χ0) is 20.3. The van der Waals surface area contributed by atoms with E-state index >= 15 is 0 Å². The average Bonchev–Trinajstić information content (AvgIpc) is 3.28. The van der Waals surface area contributed by atoms with Crippen LogP contribution in [0.5, 0.6) is 11.5 Å². The quantitative estimate of drug-likeness (QED) is 0.556. The van der Waals surface area contributed by atoms with Crippen molar-refractivity contribution >= 4 is 28.8 Å². The third kappa shape index (κ3) is 3.96. The second kappa shape index (κ2) is 8.09. The standard InChI is InChI=1S/C18H19N5O4S/c1-9-15(16(17(19)25)23-22-9)21-14(24)7-11-8-28-18(20-11)10-4-5-12(26-2)13(6-10)27-3/h4-6,8H,7H2,1-3H3,(H2,19,25)(H,21,24)(H,22,23). The molecular weight excluding hydrogens is 382 g/mol. The fourth-order valence-electron chi connectivity index (χ4n) is 2.60. The lowest BCUT2D eigenvalue weighted by Crippen LogP contribution is -2.19. The Morgan fingerprint density at radius 3 is 2.68 bits per heavy atom. The Labute approximate surface area is 164 Å². The summed E-state index contributed by atoms with van der Waals surface area (Å²) >= 11 is 1.42. The molecule has 0 atom stereocenters. The first-order valence-electron chi connectivity index (χ1n) is 8.24. The molecular formula is C18H19N5O4S. The molecule has 0 unspecified atom stereocenters. The number of nitrogens with two attached hydrogens (primary N) is 1. The summed E-state index contributed by atoms with van der Waals surface area (Å²) in [5.74, 6) is 0.187. The van der Waals surface area contributed by atoms with Gasteiger partial charge >= 0.3 is 0 Å². The molecule has 9 nitrogen and oxygen atoms in total. The molecule has 146 valence electrons. The molecule has 0 radical (unpaired) electrons. The SMILES string of the molecule is COc1ccc(-c2nc(CC(=O)Nc3c(C(N)=O)n[nH]c3C)cs2)cc1OC. The minimum atomic E-state index is -0.718. The number of thiazole rings is 1. The lowest BCUT2D eigenvalue weighted by atomic mass is 10.2. The van der Waals surface area contributed by atoms with Crippen molar-refractivity contribution in [2.24, 2.45) is 5.73 Å². The normalized spacial score (nSPS) is 10.5. The van der Waals surface area contributed by atoms with Crippen LogP contribution in [0.4, 0.5) is 5.69 Å². The van der Waals surface area contributed by atoms with Gasteiger partial charge in [-0.1, -0.05) is 0 Å². The maximum Gasteiger partial charge on any atom is 0.271 e. The molecule has 4 N–H and O–H groups in total. The third-order valence-electron chi connectivity index (χ3n) is 3.97. The third-order valence-corrected chi connectivity index (χ3v) is 4.91. The van der Waals surface area contributed by atoms with Crippen molar-refractivity contribution in [2.45, 2.75) is 13.3 Å². The molecule has 0 spiro atoms. The molecule has 2 aromatic heterocycles. The first kappa shape index (κ1) is 19.4. The molecule has 3 rings (SSSR count). The molecule has 0 aliphatic carbocycles. The van der Waals surface area contributed by atoms with Crippen LogP contribution in [-0.2, 0) is 11.2 Å². The Kier molecular flexibility index (Phi) is 5.59. The van der Waals surface area contributed by atoms with E-state index in [0.29, 0.717) is 22.9 Å². The molecule has 2 amide bonds. The summed E-state index contributed by atoms with van der Waals surface area (Å²) in [7, 11) is 3.14. The number of benzene rings is 1. The monoisotopic (exact) mass is 401 g/mol. The number of aromatic amines is 1. The van der Waals surface area contributed by atoms with Crippen molar-refractivity contribution in [1.29, 1.82) is 0 Å². The Morgan fingerprint density at radius 1 is 1.25 bits per heavy atom. The first-order chi connectivity index (χ1) is 13.4. The maximum absolute atomic E-state index is 12.4. The number of nitrogens with zero attached hydrogens (tertiary/aromatic N) is 2. The van der Waals surface area contributed by atoms with E-state index in [1.54, 1.807) is 27.2 Å². The van der Waals surface area contributed by atoms with E-state index in [0.717, 1.165) is 10.6 Å². The maximum atomic E-state index is 12.4. The van der Waals surface area contributed by atoms with Gasteiger partial charge in [0.15, 0.2) is 17.2 Å². The van der Waals surface area contributed by atoms with Crippen LogP contribution in [-0.4, -0.2) is 41.2 Å². The lowest BCUT2D eigenvalue weighted by Gasteiger charge is -2.08. The van der Waals surface area contributed by atoms with Gasteiger partial charge in [-0.3, -0.25) is 14.7 Å². The minimum Gasteiger partial charge on any atom is -0.493 e. The number of carbonyl (C=O) groups excluding carboxylic acids is 2. The van der Waals surface area contributed by atoms with Crippen LogP contribution < -0.4 is 20.5 Å². The number of amides is 2. The van der Waals surface area contributed by atoms with E-state index in [1.807, 2.05) is 17.5 Å². The van der Waals surface area contributed by atoms with E-state index in [1.165, 1.54) is 11.3 Å². The topological polar surface area (TPSA) is 132 Å². The fourth-order valence-corrected chi connectivity index (χ4v) is 3.42. The summed E-state index contributed by atoms with van der Waals surface area (Å²) in [5.41, 5.74) is 7.56. The van der Waals surface area contributed by atoms with Gasteiger partial charge in [0.05, 0.1) is 37.7 Å². The van der Waals surface area contributed by atoms with E-state index in [2.05, 4.69) is 20.5 Å². The largest absolute Gasteiger partial charge is 0.493 e. The molecule has 10 heteroatoms. The van der Waals surface area contributed by atoms with Crippen molar-refractivity contribution in [3.63, 3.8) is 0 Å². The number of primary amides is 1. The van der Waals surface area contributed by atoms with Gasteiger partial charge in [-0.05, 0) is 25.1 Å². The van der Waals surface area contributed by atoms with Crippen LogP contribution in [0.25, 0.3) is 10.6 Å². The number of methoxy groups -OCH3 is 2.